The van der Waals surface area contributed by atoms with Gasteiger partial charge in [0.15, 0.2) is 0 Å². The molecule has 3 nitrogen and oxygen atoms in total. The molecule has 3 heteroatoms. The van der Waals surface area contributed by atoms with Crippen LogP contribution in [0, 0.1) is 0 Å². The summed E-state index contributed by atoms with van der Waals surface area (Å²) in [5.41, 5.74) is 0. The van der Waals surface area contributed by atoms with Crippen molar-refractivity contribution in [3.05, 3.63) is 12.7 Å². The lowest BCUT2D eigenvalue weighted by Crippen LogP contribution is -2.16. The van der Waals surface area contributed by atoms with Crippen molar-refractivity contribution >= 4 is 11.8 Å². The molecule has 12 heavy (non-hydrogen) atoms. The third-order valence-corrected chi connectivity index (χ3v) is 1.22. The molecule has 0 aliphatic heterocycles. The lowest BCUT2D eigenvalue weighted by atomic mass is 10.3. The second kappa shape index (κ2) is 5.52. The zero-order valence-electron chi connectivity index (χ0n) is 7.50. The van der Waals surface area contributed by atoms with Gasteiger partial charge in [-0.3, -0.25) is 9.59 Å². The van der Waals surface area contributed by atoms with Crippen molar-refractivity contribution in [2.45, 2.75) is 32.8 Å². The van der Waals surface area contributed by atoms with Gasteiger partial charge in [0, 0.05) is 6.42 Å². The molecule has 0 aromatic heterocycles. The number of carbonyl (C=O) groups is 2. The summed E-state index contributed by atoms with van der Waals surface area (Å²) in [6.45, 7) is 6.63. The summed E-state index contributed by atoms with van der Waals surface area (Å²) < 4.78 is 4.87. The fourth-order valence-electron chi connectivity index (χ4n) is 0.752. The van der Waals surface area contributed by atoms with Gasteiger partial charge in [0.1, 0.15) is 18.3 Å². The maximum atomic E-state index is 10.9. The molecule has 0 heterocycles. The quantitative estimate of drug-likeness (QED) is 0.356. The maximum Gasteiger partial charge on any atom is 0.313 e. The average molecular weight is 170 g/mol. The third kappa shape index (κ3) is 5.65. The molecule has 0 aromatic rings. The van der Waals surface area contributed by atoms with Crippen molar-refractivity contribution in [2.24, 2.45) is 0 Å². The lowest BCUT2D eigenvalue weighted by Gasteiger charge is -2.09. The molecule has 0 unspecified atom stereocenters. The average Bonchev–Trinajstić information content (AvgIpc) is 1.84. The van der Waals surface area contributed by atoms with Crippen molar-refractivity contribution in [3.8, 4) is 0 Å². The molecule has 0 aromatic carbocycles. The summed E-state index contributed by atoms with van der Waals surface area (Å²) in [5, 5.41) is 0. The number of hydrogen-bond acceptors (Lipinski definition) is 3. The van der Waals surface area contributed by atoms with Crippen LogP contribution in [0.15, 0.2) is 12.7 Å². The summed E-state index contributed by atoms with van der Waals surface area (Å²) in [7, 11) is 0. The van der Waals surface area contributed by atoms with E-state index in [1.165, 1.54) is 6.92 Å². The number of rotatable bonds is 5. The molecule has 0 radical (unpaired) electrons. The van der Waals surface area contributed by atoms with Gasteiger partial charge in [-0.05, 0) is 13.8 Å². The topological polar surface area (TPSA) is 43.4 Å². The van der Waals surface area contributed by atoms with E-state index in [1.54, 1.807) is 13.0 Å². The van der Waals surface area contributed by atoms with Crippen LogP contribution in [0.2, 0.25) is 0 Å². The first-order valence-corrected chi connectivity index (χ1v) is 3.86. The number of Topliss-reactive ketones (excluding diaryl/α,β-unsaturated/α-hetero) is 1. The standard InChI is InChI=1S/C9H14O3/c1-4-5-8(3)12-9(11)6-7(2)10/h4,8H,1,5-6H2,2-3H3/t8-/m1/s1. The van der Waals surface area contributed by atoms with Crippen LogP contribution in [0.3, 0.4) is 0 Å². The van der Waals surface area contributed by atoms with E-state index < -0.39 is 5.97 Å². The van der Waals surface area contributed by atoms with Gasteiger partial charge in [-0.2, -0.15) is 0 Å². The Morgan fingerprint density at radius 3 is 2.58 bits per heavy atom. The van der Waals surface area contributed by atoms with Crippen molar-refractivity contribution < 1.29 is 14.3 Å². The van der Waals surface area contributed by atoms with E-state index in [0.29, 0.717) is 6.42 Å². The molecule has 0 rings (SSSR count). The van der Waals surface area contributed by atoms with Gasteiger partial charge >= 0.3 is 5.97 Å². The Hall–Kier alpha value is -1.12. The Morgan fingerprint density at radius 1 is 1.58 bits per heavy atom. The predicted molar refractivity (Wildman–Crippen MR) is 45.7 cm³/mol. The highest BCUT2D eigenvalue weighted by Gasteiger charge is 2.09. The summed E-state index contributed by atoms with van der Waals surface area (Å²) in [6, 6.07) is 0. The minimum atomic E-state index is -0.461. The first-order valence-electron chi connectivity index (χ1n) is 3.86. The van der Waals surface area contributed by atoms with Gasteiger partial charge < -0.3 is 4.74 Å². The Balaban J connectivity index is 3.68. The van der Waals surface area contributed by atoms with E-state index in [1.807, 2.05) is 0 Å². The molecule has 0 saturated carbocycles. The van der Waals surface area contributed by atoms with Crippen molar-refractivity contribution in [2.75, 3.05) is 0 Å². The Bertz CT molecular complexity index is 184. The molecule has 68 valence electrons. The van der Waals surface area contributed by atoms with E-state index in [-0.39, 0.29) is 18.3 Å². The Labute approximate surface area is 72.4 Å². The largest absolute Gasteiger partial charge is 0.462 e. The van der Waals surface area contributed by atoms with Crippen LogP contribution in [-0.2, 0) is 14.3 Å². The zero-order chi connectivity index (χ0) is 9.56. The van der Waals surface area contributed by atoms with E-state index in [2.05, 4.69) is 6.58 Å². The third-order valence-electron chi connectivity index (χ3n) is 1.22. The van der Waals surface area contributed by atoms with Crippen LogP contribution in [-0.4, -0.2) is 17.9 Å². The molecule has 0 aliphatic carbocycles. The molecule has 1 atom stereocenters. The minimum absolute atomic E-state index is 0.137. The van der Waals surface area contributed by atoms with E-state index >= 15 is 0 Å². The van der Waals surface area contributed by atoms with Gasteiger partial charge in [0.05, 0.1) is 0 Å². The number of ether oxygens (including phenoxy) is 1. The zero-order valence-corrected chi connectivity index (χ0v) is 7.50. The summed E-state index contributed by atoms with van der Waals surface area (Å²) in [6.07, 6.45) is 1.96. The van der Waals surface area contributed by atoms with Gasteiger partial charge in [-0.15, -0.1) is 6.58 Å². The lowest BCUT2D eigenvalue weighted by molar-refractivity contribution is -0.149. The SMILES string of the molecule is C=CC[C@@H](C)OC(=O)CC(C)=O. The normalized spacial score (nSPS) is 11.8. The first-order chi connectivity index (χ1) is 5.56. The number of carbonyl (C=O) groups excluding carboxylic acids is 2. The van der Waals surface area contributed by atoms with Crippen LogP contribution in [0.4, 0.5) is 0 Å². The van der Waals surface area contributed by atoms with Crippen molar-refractivity contribution in [1.82, 2.24) is 0 Å². The second-order valence-electron chi connectivity index (χ2n) is 2.70. The summed E-state index contributed by atoms with van der Waals surface area (Å²) >= 11 is 0. The highest BCUT2D eigenvalue weighted by molar-refractivity contribution is 5.94. The summed E-state index contributed by atoms with van der Waals surface area (Å²) in [5.74, 6) is -0.636. The Morgan fingerprint density at radius 2 is 2.17 bits per heavy atom. The van der Waals surface area contributed by atoms with E-state index in [0.717, 1.165) is 0 Å². The number of esters is 1. The monoisotopic (exact) mass is 170 g/mol. The smallest absolute Gasteiger partial charge is 0.313 e. The fraction of sp³-hybridized carbons (Fsp3) is 0.556. The van der Waals surface area contributed by atoms with Crippen LogP contribution in [0.25, 0.3) is 0 Å². The van der Waals surface area contributed by atoms with Gasteiger partial charge in [0.2, 0.25) is 0 Å². The maximum absolute atomic E-state index is 10.9. The predicted octanol–water partition coefficient (Wildman–Crippen LogP) is 1.47. The molecular formula is C9H14O3. The minimum Gasteiger partial charge on any atom is -0.462 e. The van der Waals surface area contributed by atoms with Gasteiger partial charge in [-0.25, -0.2) is 0 Å². The molecule has 0 amide bonds. The molecular weight excluding hydrogens is 156 g/mol. The number of hydrogen-bond donors (Lipinski definition) is 0. The molecule has 0 fully saturated rings. The fourth-order valence-corrected chi connectivity index (χ4v) is 0.752. The molecule has 0 aliphatic rings. The molecule has 0 saturated heterocycles. The van der Waals surface area contributed by atoms with Crippen LogP contribution in [0.1, 0.15) is 26.7 Å². The van der Waals surface area contributed by atoms with E-state index in [9.17, 15) is 9.59 Å². The molecule has 0 spiro atoms. The first kappa shape index (κ1) is 10.9. The molecule has 0 bridgehead atoms. The van der Waals surface area contributed by atoms with Crippen molar-refractivity contribution in [1.29, 1.82) is 0 Å². The van der Waals surface area contributed by atoms with Crippen LogP contribution in [0.5, 0.6) is 0 Å². The van der Waals surface area contributed by atoms with Gasteiger partial charge in [0.25, 0.3) is 0 Å². The van der Waals surface area contributed by atoms with Gasteiger partial charge in [-0.1, -0.05) is 6.08 Å². The Kier molecular flexibility index (Phi) is 5.00. The number of ketones is 1. The second-order valence-corrected chi connectivity index (χ2v) is 2.70. The highest BCUT2D eigenvalue weighted by Crippen LogP contribution is 2.00. The van der Waals surface area contributed by atoms with Crippen LogP contribution >= 0.6 is 0 Å². The molecule has 0 N–H and O–H groups in total. The summed E-state index contributed by atoms with van der Waals surface area (Å²) in [4.78, 5) is 21.3. The van der Waals surface area contributed by atoms with Crippen molar-refractivity contribution in [3.63, 3.8) is 0 Å². The van der Waals surface area contributed by atoms with E-state index in [4.69, 9.17) is 4.74 Å². The van der Waals surface area contributed by atoms with Crippen LogP contribution < -0.4 is 0 Å². The highest BCUT2D eigenvalue weighted by atomic mass is 16.5.